The number of carbonyl (C=O) groups is 2. The molecule has 0 bridgehead atoms. The Hall–Kier alpha value is -2.83. The molecule has 0 fully saturated rings. The maximum absolute atomic E-state index is 12.8. The van der Waals surface area contributed by atoms with Gasteiger partial charge in [-0.05, 0) is 24.3 Å². The molecule has 1 aliphatic rings. The Balaban J connectivity index is 1.80. The lowest BCUT2D eigenvalue weighted by Gasteiger charge is -2.24. The van der Waals surface area contributed by atoms with Crippen molar-refractivity contribution in [2.45, 2.75) is 25.9 Å². The molecule has 0 saturated heterocycles. The van der Waals surface area contributed by atoms with Gasteiger partial charge in [0.05, 0.1) is 25.6 Å². The number of hydrogen-bond acceptors (Lipinski definition) is 5. The van der Waals surface area contributed by atoms with E-state index in [0.717, 1.165) is 0 Å². The molecule has 120 valence electrons. The molecule has 0 spiro atoms. The van der Waals surface area contributed by atoms with Crippen LogP contribution in [0.1, 0.15) is 24.4 Å². The normalized spacial score (nSPS) is 14.7. The van der Waals surface area contributed by atoms with E-state index in [0.29, 0.717) is 36.7 Å². The molecule has 3 rings (SSSR count). The maximum Gasteiger partial charge on any atom is 0.270 e. The van der Waals surface area contributed by atoms with Crippen molar-refractivity contribution in [1.82, 2.24) is 9.91 Å². The van der Waals surface area contributed by atoms with Crippen LogP contribution in [0.5, 0.6) is 0 Å². The van der Waals surface area contributed by atoms with Gasteiger partial charge in [-0.1, -0.05) is 0 Å². The van der Waals surface area contributed by atoms with Gasteiger partial charge in [0.2, 0.25) is 5.91 Å². The summed E-state index contributed by atoms with van der Waals surface area (Å²) in [7, 11) is 1.55. The van der Waals surface area contributed by atoms with Crippen molar-refractivity contribution in [3.8, 4) is 0 Å². The predicted octanol–water partition coefficient (Wildman–Crippen LogP) is 2.01. The summed E-state index contributed by atoms with van der Waals surface area (Å²) in [5, 5.41) is 5.31. The summed E-state index contributed by atoms with van der Waals surface area (Å²) in [6, 6.07) is 7.16. The molecule has 3 heterocycles. The zero-order valence-electron chi connectivity index (χ0n) is 12.8. The first kappa shape index (κ1) is 15.1. The van der Waals surface area contributed by atoms with E-state index in [9.17, 15) is 9.59 Å². The maximum atomic E-state index is 12.8. The quantitative estimate of drug-likeness (QED) is 0.845. The van der Waals surface area contributed by atoms with Crippen molar-refractivity contribution in [2.24, 2.45) is 5.10 Å². The first-order chi connectivity index (χ1) is 11.1. The number of hydrazone groups is 1. The van der Waals surface area contributed by atoms with Gasteiger partial charge in [-0.2, -0.15) is 5.10 Å². The van der Waals surface area contributed by atoms with Crippen LogP contribution in [0.4, 0.5) is 0 Å². The Labute approximate surface area is 133 Å². The monoisotopic (exact) mass is 315 g/mol. The minimum atomic E-state index is -0.225. The van der Waals surface area contributed by atoms with Crippen LogP contribution in [0.25, 0.3) is 0 Å². The van der Waals surface area contributed by atoms with Crippen LogP contribution in [0.3, 0.4) is 0 Å². The molecular formula is C16H17N3O4. The number of nitrogens with zero attached hydrogens (tertiary/aromatic N) is 3. The van der Waals surface area contributed by atoms with E-state index in [4.69, 9.17) is 8.83 Å². The standard InChI is InChI=1S/C16H17N3O4/c1-18-15(20)7-6-14(17-18)16(21)19(10-12-4-2-8-22-12)11-13-5-3-9-23-13/h2-5,8-9H,6-7,10-11H2,1H3. The minimum Gasteiger partial charge on any atom is -0.467 e. The number of carbonyl (C=O) groups excluding carboxylic acids is 2. The average Bonchev–Trinajstić information content (AvgIpc) is 3.22. The Morgan fingerprint density at radius 2 is 1.78 bits per heavy atom. The Bertz CT molecular complexity index is 668. The second-order valence-electron chi connectivity index (χ2n) is 5.28. The lowest BCUT2D eigenvalue weighted by molar-refractivity contribution is -0.131. The lowest BCUT2D eigenvalue weighted by atomic mass is 10.1. The van der Waals surface area contributed by atoms with Gasteiger partial charge >= 0.3 is 0 Å². The van der Waals surface area contributed by atoms with Crippen LogP contribution in [0.2, 0.25) is 0 Å². The van der Waals surface area contributed by atoms with E-state index < -0.39 is 0 Å². The second kappa shape index (κ2) is 6.51. The molecule has 0 radical (unpaired) electrons. The smallest absolute Gasteiger partial charge is 0.270 e. The van der Waals surface area contributed by atoms with Crippen molar-refractivity contribution < 1.29 is 18.4 Å². The van der Waals surface area contributed by atoms with E-state index in [1.807, 2.05) is 0 Å². The van der Waals surface area contributed by atoms with Crippen LogP contribution >= 0.6 is 0 Å². The molecule has 2 aromatic heterocycles. The van der Waals surface area contributed by atoms with E-state index in [1.54, 1.807) is 48.7 Å². The van der Waals surface area contributed by atoms with Gasteiger partial charge in [-0.3, -0.25) is 9.59 Å². The Kier molecular flexibility index (Phi) is 4.27. The molecule has 7 nitrogen and oxygen atoms in total. The number of hydrogen-bond donors (Lipinski definition) is 0. The first-order valence-electron chi connectivity index (χ1n) is 7.31. The molecule has 2 amide bonds. The summed E-state index contributed by atoms with van der Waals surface area (Å²) in [5.41, 5.74) is 0.366. The zero-order chi connectivity index (χ0) is 16.2. The summed E-state index contributed by atoms with van der Waals surface area (Å²) < 4.78 is 10.7. The topological polar surface area (TPSA) is 79.3 Å². The van der Waals surface area contributed by atoms with Crippen LogP contribution in [-0.4, -0.2) is 34.5 Å². The van der Waals surface area contributed by atoms with Gasteiger partial charge < -0.3 is 13.7 Å². The third-order valence-corrected chi connectivity index (χ3v) is 3.59. The number of amides is 2. The zero-order valence-corrected chi connectivity index (χ0v) is 12.8. The molecule has 2 aromatic rings. The van der Waals surface area contributed by atoms with Crippen LogP contribution < -0.4 is 0 Å². The fourth-order valence-electron chi connectivity index (χ4n) is 2.39. The third-order valence-electron chi connectivity index (χ3n) is 3.59. The molecule has 0 aliphatic carbocycles. The molecule has 0 N–H and O–H groups in total. The summed E-state index contributed by atoms with van der Waals surface area (Å²) in [5.74, 6) is 1.03. The molecule has 0 unspecified atom stereocenters. The first-order valence-corrected chi connectivity index (χ1v) is 7.31. The Morgan fingerprint density at radius 3 is 2.26 bits per heavy atom. The highest BCUT2D eigenvalue weighted by atomic mass is 16.3. The van der Waals surface area contributed by atoms with Gasteiger partial charge in [0.1, 0.15) is 17.2 Å². The third kappa shape index (κ3) is 3.50. The van der Waals surface area contributed by atoms with Crippen molar-refractivity contribution in [2.75, 3.05) is 7.05 Å². The van der Waals surface area contributed by atoms with Crippen molar-refractivity contribution in [3.05, 3.63) is 48.3 Å². The Morgan fingerprint density at radius 1 is 1.17 bits per heavy atom. The number of furan rings is 2. The largest absolute Gasteiger partial charge is 0.467 e. The van der Waals surface area contributed by atoms with Crippen molar-refractivity contribution >= 4 is 17.5 Å². The molecule has 0 aromatic carbocycles. The summed E-state index contributed by atoms with van der Waals surface area (Å²) >= 11 is 0. The van der Waals surface area contributed by atoms with Crippen molar-refractivity contribution in [3.63, 3.8) is 0 Å². The molecule has 7 heteroatoms. The fraction of sp³-hybridized carbons (Fsp3) is 0.312. The summed E-state index contributed by atoms with van der Waals surface area (Å²) in [4.78, 5) is 25.9. The molecule has 0 saturated carbocycles. The molecule has 23 heavy (non-hydrogen) atoms. The van der Waals surface area contributed by atoms with Crippen LogP contribution in [0.15, 0.2) is 50.7 Å². The van der Waals surface area contributed by atoms with E-state index in [-0.39, 0.29) is 18.2 Å². The van der Waals surface area contributed by atoms with Gasteiger partial charge in [0.25, 0.3) is 5.91 Å². The lowest BCUT2D eigenvalue weighted by Crippen LogP contribution is -2.40. The summed E-state index contributed by atoms with van der Waals surface area (Å²) in [6.45, 7) is 0.617. The average molecular weight is 315 g/mol. The minimum absolute atomic E-state index is 0.0924. The fourth-order valence-corrected chi connectivity index (χ4v) is 2.39. The van der Waals surface area contributed by atoms with E-state index in [2.05, 4.69) is 5.10 Å². The molecular weight excluding hydrogens is 298 g/mol. The predicted molar refractivity (Wildman–Crippen MR) is 81.1 cm³/mol. The summed E-state index contributed by atoms with van der Waals surface area (Å²) in [6.07, 6.45) is 3.76. The second-order valence-corrected chi connectivity index (χ2v) is 5.28. The molecule has 1 aliphatic heterocycles. The van der Waals surface area contributed by atoms with E-state index in [1.165, 1.54) is 5.01 Å². The highest BCUT2D eigenvalue weighted by Crippen LogP contribution is 2.15. The molecule has 0 atom stereocenters. The van der Waals surface area contributed by atoms with Gasteiger partial charge in [-0.25, -0.2) is 5.01 Å². The number of rotatable bonds is 5. The SMILES string of the molecule is CN1N=C(C(=O)N(Cc2ccco2)Cc2ccco2)CCC1=O. The van der Waals surface area contributed by atoms with Crippen molar-refractivity contribution in [1.29, 1.82) is 0 Å². The van der Waals surface area contributed by atoms with Gasteiger partial charge in [0.15, 0.2) is 0 Å². The highest BCUT2D eigenvalue weighted by molar-refractivity contribution is 6.39. The van der Waals surface area contributed by atoms with Crippen LogP contribution in [0, 0.1) is 0 Å². The van der Waals surface area contributed by atoms with E-state index >= 15 is 0 Å². The van der Waals surface area contributed by atoms with Crippen LogP contribution in [-0.2, 0) is 22.7 Å². The van der Waals surface area contributed by atoms with Gasteiger partial charge in [0, 0.05) is 19.9 Å². The highest BCUT2D eigenvalue weighted by Gasteiger charge is 2.27. The van der Waals surface area contributed by atoms with Gasteiger partial charge in [-0.15, -0.1) is 0 Å².